The van der Waals surface area contributed by atoms with Gasteiger partial charge < -0.3 is 5.11 Å². The molecule has 0 radical (unpaired) electrons. The van der Waals surface area contributed by atoms with Crippen LogP contribution in [0.15, 0.2) is 24.5 Å². The topological polar surface area (TPSA) is 46.0 Å². The predicted octanol–water partition coefficient (Wildman–Crippen LogP) is 3.81. The Balaban J connectivity index is 2.63. The van der Waals surface area contributed by atoms with E-state index in [0.29, 0.717) is 26.5 Å². The fourth-order valence-corrected chi connectivity index (χ4v) is 1.88. The van der Waals surface area contributed by atoms with Crippen LogP contribution in [0.1, 0.15) is 0 Å². The molecule has 0 aliphatic carbocycles. The molecule has 1 N–H and O–H groups in total. The Morgan fingerprint density at radius 3 is 2.12 bits per heavy atom. The maximum Gasteiger partial charge on any atom is 0.162 e. The van der Waals surface area contributed by atoms with Crippen molar-refractivity contribution in [1.82, 2.24) is 9.97 Å². The van der Waals surface area contributed by atoms with Gasteiger partial charge in [-0.05, 0) is 12.1 Å². The Hall–Kier alpha value is -1.03. The smallest absolute Gasteiger partial charge is 0.162 e. The highest BCUT2D eigenvalue weighted by atomic mass is 35.5. The first-order valence-electron chi connectivity index (χ1n) is 4.24. The van der Waals surface area contributed by atoms with Crippen LogP contribution in [0.25, 0.3) is 11.4 Å². The largest absolute Gasteiger partial charge is 0.505 e. The standard InChI is InChI=1S/C10H5Cl3N2O/c11-6-1-2-7(12)9(13)8(6)10-14-3-5(16)4-15-10/h1-4,16H. The molecule has 16 heavy (non-hydrogen) atoms. The van der Waals surface area contributed by atoms with E-state index in [2.05, 4.69) is 9.97 Å². The van der Waals surface area contributed by atoms with Crippen LogP contribution < -0.4 is 0 Å². The predicted molar refractivity (Wildman–Crippen MR) is 64.2 cm³/mol. The Kier molecular flexibility index (Phi) is 3.19. The van der Waals surface area contributed by atoms with Gasteiger partial charge in [0.25, 0.3) is 0 Å². The third-order valence-corrected chi connectivity index (χ3v) is 3.03. The number of hydrogen-bond donors (Lipinski definition) is 1. The molecule has 82 valence electrons. The van der Waals surface area contributed by atoms with Gasteiger partial charge in [-0.1, -0.05) is 34.8 Å². The normalized spacial score (nSPS) is 10.4. The van der Waals surface area contributed by atoms with Crippen molar-refractivity contribution in [2.75, 3.05) is 0 Å². The molecule has 0 atom stereocenters. The van der Waals surface area contributed by atoms with Gasteiger partial charge in [0.1, 0.15) is 0 Å². The summed E-state index contributed by atoms with van der Waals surface area (Å²) in [7, 11) is 0. The number of aromatic hydroxyl groups is 1. The lowest BCUT2D eigenvalue weighted by atomic mass is 10.2. The Morgan fingerprint density at radius 1 is 0.938 bits per heavy atom. The van der Waals surface area contributed by atoms with Gasteiger partial charge in [-0.2, -0.15) is 0 Å². The first-order chi connectivity index (χ1) is 7.59. The fraction of sp³-hybridized carbons (Fsp3) is 0. The van der Waals surface area contributed by atoms with Gasteiger partial charge in [0.15, 0.2) is 11.6 Å². The molecular weight excluding hydrogens is 270 g/mol. The molecule has 0 unspecified atom stereocenters. The van der Waals surface area contributed by atoms with E-state index in [1.54, 1.807) is 12.1 Å². The molecule has 0 saturated heterocycles. The highest BCUT2D eigenvalue weighted by molar-refractivity contribution is 6.45. The maximum atomic E-state index is 9.08. The summed E-state index contributed by atoms with van der Waals surface area (Å²) in [4.78, 5) is 7.85. The first-order valence-corrected chi connectivity index (χ1v) is 5.38. The molecule has 0 saturated carbocycles. The Morgan fingerprint density at radius 2 is 1.50 bits per heavy atom. The number of halogens is 3. The van der Waals surface area contributed by atoms with E-state index >= 15 is 0 Å². The quantitative estimate of drug-likeness (QED) is 0.805. The zero-order valence-electron chi connectivity index (χ0n) is 7.78. The minimum atomic E-state index is -0.0296. The van der Waals surface area contributed by atoms with Crippen molar-refractivity contribution in [2.45, 2.75) is 0 Å². The second-order valence-corrected chi connectivity index (χ2v) is 4.18. The number of hydrogen-bond acceptors (Lipinski definition) is 3. The summed E-state index contributed by atoms with van der Waals surface area (Å²) in [6, 6.07) is 3.21. The first kappa shape index (κ1) is 11.5. The average molecular weight is 276 g/mol. The Labute approximate surface area is 107 Å². The summed E-state index contributed by atoms with van der Waals surface area (Å²) in [6.45, 7) is 0. The van der Waals surface area contributed by atoms with Crippen LogP contribution in [0, 0.1) is 0 Å². The second-order valence-electron chi connectivity index (χ2n) is 2.98. The van der Waals surface area contributed by atoms with Gasteiger partial charge in [0.2, 0.25) is 0 Å². The molecule has 0 aliphatic rings. The van der Waals surface area contributed by atoms with E-state index in [4.69, 9.17) is 39.9 Å². The van der Waals surface area contributed by atoms with Crippen molar-refractivity contribution >= 4 is 34.8 Å². The van der Waals surface area contributed by atoms with Crippen molar-refractivity contribution < 1.29 is 5.11 Å². The van der Waals surface area contributed by atoms with Gasteiger partial charge in [-0.15, -0.1) is 0 Å². The van der Waals surface area contributed by atoms with Gasteiger partial charge in [0, 0.05) is 0 Å². The van der Waals surface area contributed by atoms with Crippen LogP contribution in [0.4, 0.5) is 0 Å². The molecule has 0 amide bonds. The lowest BCUT2D eigenvalue weighted by Crippen LogP contribution is -1.90. The summed E-state index contributed by atoms with van der Waals surface area (Å²) in [6.07, 6.45) is 2.52. The molecule has 2 rings (SSSR count). The van der Waals surface area contributed by atoms with Crippen molar-refractivity contribution in [3.63, 3.8) is 0 Å². The minimum Gasteiger partial charge on any atom is -0.505 e. The number of aromatic nitrogens is 2. The van der Waals surface area contributed by atoms with Crippen molar-refractivity contribution in [3.05, 3.63) is 39.6 Å². The molecule has 0 aliphatic heterocycles. The SMILES string of the molecule is Oc1cnc(-c2c(Cl)ccc(Cl)c2Cl)nc1. The van der Waals surface area contributed by atoms with Gasteiger partial charge in [-0.3, -0.25) is 0 Å². The van der Waals surface area contributed by atoms with E-state index < -0.39 is 0 Å². The lowest BCUT2D eigenvalue weighted by Gasteiger charge is -2.06. The van der Waals surface area contributed by atoms with Crippen molar-refractivity contribution in [1.29, 1.82) is 0 Å². The van der Waals surface area contributed by atoms with Crippen LogP contribution >= 0.6 is 34.8 Å². The maximum absolute atomic E-state index is 9.08. The van der Waals surface area contributed by atoms with Crippen LogP contribution in [0.5, 0.6) is 5.75 Å². The van der Waals surface area contributed by atoms with Gasteiger partial charge in [0.05, 0.1) is 33.0 Å². The number of rotatable bonds is 1. The third kappa shape index (κ3) is 2.07. The molecule has 0 bridgehead atoms. The van der Waals surface area contributed by atoms with Gasteiger partial charge >= 0.3 is 0 Å². The molecule has 1 aromatic heterocycles. The molecule has 0 fully saturated rings. The zero-order chi connectivity index (χ0) is 11.7. The van der Waals surface area contributed by atoms with E-state index in [9.17, 15) is 0 Å². The van der Waals surface area contributed by atoms with Crippen LogP contribution in [-0.2, 0) is 0 Å². The minimum absolute atomic E-state index is 0.0296. The summed E-state index contributed by atoms with van der Waals surface area (Å²) >= 11 is 17.9. The number of benzene rings is 1. The van der Waals surface area contributed by atoms with E-state index in [1.807, 2.05) is 0 Å². The van der Waals surface area contributed by atoms with Gasteiger partial charge in [-0.25, -0.2) is 9.97 Å². The summed E-state index contributed by atoms with van der Waals surface area (Å²) in [5, 5.41) is 10.1. The van der Waals surface area contributed by atoms with Crippen LogP contribution in [0.3, 0.4) is 0 Å². The molecule has 1 heterocycles. The molecule has 2 aromatic rings. The molecule has 1 aromatic carbocycles. The molecule has 6 heteroatoms. The summed E-state index contributed by atoms with van der Waals surface area (Å²) < 4.78 is 0. The van der Waals surface area contributed by atoms with E-state index in [0.717, 1.165) is 0 Å². The average Bonchev–Trinajstić information content (AvgIpc) is 2.27. The van der Waals surface area contributed by atoms with Crippen LogP contribution in [0.2, 0.25) is 15.1 Å². The van der Waals surface area contributed by atoms with Crippen LogP contribution in [-0.4, -0.2) is 15.1 Å². The van der Waals surface area contributed by atoms with Crippen molar-refractivity contribution in [2.24, 2.45) is 0 Å². The van der Waals surface area contributed by atoms with Crippen molar-refractivity contribution in [3.8, 4) is 17.1 Å². The fourth-order valence-electron chi connectivity index (χ4n) is 1.18. The highest BCUT2D eigenvalue weighted by Crippen LogP contribution is 2.37. The lowest BCUT2D eigenvalue weighted by molar-refractivity contribution is 0.470. The molecule has 3 nitrogen and oxygen atoms in total. The highest BCUT2D eigenvalue weighted by Gasteiger charge is 2.13. The summed E-state index contributed by atoms with van der Waals surface area (Å²) in [5.41, 5.74) is 0.454. The molecule has 0 spiro atoms. The zero-order valence-corrected chi connectivity index (χ0v) is 10.1. The summed E-state index contributed by atoms with van der Waals surface area (Å²) in [5.74, 6) is 0.285. The van der Waals surface area contributed by atoms with E-state index in [1.165, 1.54) is 12.4 Å². The number of nitrogens with zero attached hydrogens (tertiary/aromatic N) is 2. The second kappa shape index (κ2) is 4.45. The van der Waals surface area contributed by atoms with E-state index in [-0.39, 0.29) is 5.75 Å². The molecular formula is C10H5Cl3N2O. The monoisotopic (exact) mass is 274 g/mol. The third-order valence-electron chi connectivity index (χ3n) is 1.91. The Bertz CT molecular complexity index is 528.